The fraction of sp³-hybridized carbons (Fsp3) is 0.130. The Bertz CT molecular complexity index is 1320. The number of rotatable bonds is 7. The van der Waals surface area contributed by atoms with Gasteiger partial charge in [-0.15, -0.1) is 0 Å². The van der Waals surface area contributed by atoms with Gasteiger partial charge >= 0.3 is 11.9 Å². The fourth-order valence-electron chi connectivity index (χ4n) is 3.15. The lowest BCUT2D eigenvalue weighted by Gasteiger charge is -2.13. The highest BCUT2D eigenvalue weighted by atomic mass is 127. The highest BCUT2D eigenvalue weighted by molar-refractivity contribution is 14.1. The summed E-state index contributed by atoms with van der Waals surface area (Å²) in [6, 6.07) is 11.7. The van der Waals surface area contributed by atoms with Gasteiger partial charge in [-0.2, -0.15) is 0 Å². The number of halogens is 1. The molecule has 3 rings (SSSR count). The normalized spacial score (nSPS) is 11.4. The van der Waals surface area contributed by atoms with E-state index < -0.39 is 28.9 Å². The van der Waals surface area contributed by atoms with E-state index >= 15 is 0 Å². The minimum atomic E-state index is -1.32. The highest BCUT2D eigenvalue weighted by Gasteiger charge is 2.16. The third-order valence-corrected chi connectivity index (χ3v) is 5.26. The molecule has 0 bridgehead atoms. The molecule has 32 heavy (non-hydrogen) atoms. The molecular formula is C23H18INO7. The predicted molar refractivity (Wildman–Crippen MR) is 126 cm³/mol. The standard InChI is InChI=1S/C23H18INO7/c1-2-32-23(31)20(27)10-19(26)14-5-3-4-13(8-14)11-25-12-17(22(29)30)21(28)16-9-15(24)6-7-18(16)25/h3-10,12,26H,2,11H2,1H3,(H,29,30). The number of ketones is 1. The van der Waals surface area contributed by atoms with E-state index in [9.17, 15) is 29.4 Å². The van der Waals surface area contributed by atoms with Gasteiger partial charge in [-0.3, -0.25) is 9.59 Å². The number of carbonyl (C=O) groups is 3. The van der Waals surface area contributed by atoms with Gasteiger partial charge in [0.2, 0.25) is 5.43 Å². The van der Waals surface area contributed by atoms with Gasteiger partial charge in [-0.1, -0.05) is 18.2 Å². The van der Waals surface area contributed by atoms with Crippen LogP contribution in [0.15, 0.2) is 59.5 Å². The van der Waals surface area contributed by atoms with Gasteiger partial charge in [-0.25, -0.2) is 9.59 Å². The first kappa shape index (κ1) is 23.2. The van der Waals surface area contributed by atoms with Crippen molar-refractivity contribution in [1.82, 2.24) is 4.57 Å². The van der Waals surface area contributed by atoms with Crippen LogP contribution in [0, 0.1) is 3.57 Å². The third kappa shape index (κ3) is 5.05. The summed E-state index contributed by atoms with van der Waals surface area (Å²) >= 11 is 2.05. The number of hydrogen-bond donors (Lipinski definition) is 2. The molecule has 0 fully saturated rings. The van der Waals surface area contributed by atoms with Crippen molar-refractivity contribution in [1.29, 1.82) is 0 Å². The molecule has 164 valence electrons. The van der Waals surface area contributed by atoms with Crippen LogP contribution >= 0.6 is 22.6 Å². The topological polar surface area (TPSA) is 123 Å². The molecule has 0 amide bonds. The number of aliphatic hydroxyl groups is 1. The molecule has 3 aromatic rings. The van der Waals surface area contributed by atoms with Crippen LogP contribution in [0.5, 0.6) is 0 Å². The fourth-order valence-corrected chi connectivity index (χ4v) is 3.64. The maximum absolute atomic E-state index is 12.6. The second kappa shape index (κ2) is 9.77. The van der Waals surface area contributed by atoms with Crippen LogP contribution in [0.25, 0.3) is 16.7 Å². The number of hydrogen-bond acceptors (Lipinski definition) is 6. The Kier molecular flexibility index (Phi) is 7.08. The van der Waals surface area contributed by atoms with Crippen molar-refractivity contribution < 1.29 is 29.3 Å². The highest BCUT2D eigenvalue weighted by Crippen LogP contribution is 2.19. The second-order valence-electron chi connectivity index (χ2n) is 6.78. The number of carbonyl (C=O) groups excluding carboxylic acids is 2. The molecule has 0 saturated heterocycles. The van der Waals surface area contributed by atoms with Gasteiger partial charge in [0.15, 0.2) is 0 Å². The van der Waals surface area contributed by atoms with E-state index in [2.05, 4.69) is 4.74 Å². The molecule has 0 unspecified atom stereocenters. The molecule has 2 aromatic carbocycles. The van der Waals surface area contributed by atoms with Crippen LogP contribution < -0.4 is 5.43 Å². The predicted octanol–water partition coefficient (Wildman–Crippen LogP) is 3.38. The summed E-state index contributed by atoms with van der Waals surface area (Å²) in [5.74, 6) is -3.78. The summed E-state index contributed by atoms with van der Waals surface area (Å²) in [7, 11) is 0. The van der Waals surface area contributed by atoms with Crippen molar-refractivity contribution in [2.24, 2.45) is 0 Å². The summed E-state index contributed by atoms with van der Waals surface area (Å²) < 4.78 is 7.05. The maximum Gasteiger partial charge on any atom is 0.379 e. The van der Waals surface area contributed by atoms with E-state index in [0.29, 0.717) is 16.6 Å². The Hall–Kier alpha value is -3.47. The number of carboxylic acids is 1. The quantitative estimate of drug-likeness (QED) is 0.153. The first-order valence-corrected chi connectivity index (χ1v) is 10.6. The molecule has 0 radical (unpaired) electrons. The van der Waals surface area contributed by atoms with Gasteiger partial charge in [0.25, 0.3) is 5.78 Å². The van der Waals surface area contributed by atoms with E-state index in [1.807, 2.05) is 28.7 Å². The minimum Gasteiger partial charge on any atom is -0.507 e. The van der Waals surface area contributed by atoms with E-state index in [1.165, 1.54) is 6.20 Å². The zero-order valence-corrected chi connectivity index (χ0v) is 19.0. The summed E-state index contributed by atoms with van der Waals surface area (Å²) in [6.45, 7) is 1.81. The zero-order valence-electron chi connectivity index (χ0n) is 16.9. The Balaban J connectivity index is 2.01. The van der Waals surface area contributed by atoms with Crippen LogP contribution in [0.2, 0.25) is 0 Å². The summed E-state index contributed by atoms with van der Waals surface area (Å²) in [5, 5.41) is 20.0. The first-order valence-electron chi connectivity index (χ1n) is 9.48. The summed E-state index contributed by atoms with van der Waals surface area (Å²) in [6.07, 6.45) is 2.07. The largest absolute Gasteiger partial charge is 0.507 e. The molecule has 9 heteroatoms. The smallest absolute Gasteiger partial charge is 0.379 e. The van der Waals surface area contributed by atoms with Crippen LogP contribution in [-0.4, -0.2) is 39.1 Å². The lowest BCUT2D eigenvalue weighted by atomic mass is 10.1. The molecule has 0 spiro atoms. The Morgan fingerprint density at radius 2 is 1.88 bits per heavy atom. The van der Waals surface area contributed by atoms with Gasteiger partial charge < -0.3 is 19.5 Å². The van der Waals surface area contributed by atoms with Gasteiger partial charge in [0.05, 0.1) is 12.1 Å². The number of carboxylic acid groups (broad SMARTS) is 1. The maximum atomic E-state index is 12.6. The average molecular weight is 547 g/mol. The van der Waals surface area contributed by atoms with Crippen molar-refractivity contribution in [2.45, 2.75) is 13.5 Å². The Morgan fingerprint density at radius 1 is 1.12 bits per heavy atom. The number of nitrogens with zero attached hydrogens (tertiary/aromatic N) is 1. The van der Waals surface area contributed by atoms with Gasteiger partial charge in [-0.05, 0) is 59.3 Å². The van der Waals surface area contributed by atoms with Crippen molar-refractivity contribution >= 4 is 57.0 Å². The molecule has 0 aliphatic heterocycles. The van der Waals surface area contributed by atoms with Crippen LogP contribution in [0.4, 0.5) is 0 Å². The molecular weight excluding hydrogens is 529 g/mol. The first-order chi connectivity index (χ1) is 15.2. The van der Waals surface area contributed by atoms with Gasteiger partial charge in [0, 0.05) is 33.3 Å². The Labute approximate surface area is 195 Å². The number of aromatic carboxylic acids is 1. The molecule has 0 atom stereocenters. The molecule has 8 nitrogen and oxygen atoms in total. The van der Waals surface area contributed by atoms with Crippen LogP contribution in [-0.2, 0) is 20.9 Å². The lowest BCUT2D eigenvalue weighted by Crippen LogP contribution is -2.19. The van der Waals surface area contributed by atoms with Crippen LogP contribution in [0.3, 0.4) is 0 Å². The summed E-state index contributed by atoms with van der Waals surface area (Å²) in [5.41, 5.74) is 0.611. The van der Waals surface area contributed by atoms with E-state index in [-0.39, 0.29) is 24.1 Å². The van der Waals surface area contributed by atoms with E-state index in [4.69, 9.17) is 0 Å². The number of pyridine rings is 1. The number of aliphatic hydroxyl groups excluding tert-OH is 1. The van der Waals surface area contributed by atoms with E-state index in [1.54, 1.807) is 47.9 Å². The number of fused-ring (bicyclic) bond motifs is 1. The van der Waals surface area contributed by atoms with E-state index in [0.717, 1.165) is 9.65 Å². The molecule has 0 aliphatic rings. The van der Waals surface area contributed by atoms with Crippen molar-refractivity contribution in [2.75, 3.05) is 6.61 Å². The van der Waals surface area contributed by atoms with Crippen LogP contribution in [0.1, 0.15) is 28.4 Å². The third-order valence-electron chi connectivity index (χ3n) is 4.59. The molecule has 2 N–H and O–H groups in total. The summed E-state index contributed by atoms with van der Waals surface area (Å²) in [4.78, 5) is 47.4. The average Bonchev–Trinajstić information content (AvgIpc) is 2.75. The molecule has 0 saturated carbocycles. The van der Waals surface area contributed by atoms with Crippen molar-refractivity contribution in [3.63, 3.8) is 0 Å². The number of aromatic nitrogens is 1. The molecule has 1 aromatic heterocycles. The SMILES string of the molecule is CCOC(=O)C(=O)C=C(O)c1cccc(Cn2cc(C(=O)O)c(=O)c3cc(I)ccc32)c1. The minimum absolute atomic E-state index is 0.0410. The lowest BCUT2D eigenvalue weighted by molar-refractivity contribution is -0.151. The molecule has 0 aliphatic carbocycles. The number of esters is 1. The number of benzene rings is 2. The van der Waals surface area contributed by atoms with Crippen molar-refractivity contribution in [3.8, 4) is 0 Å². The van der Waals surface area contributed by atoms with Gasteiger partial charge in [0.1, 0.15) is 11.3 Å². The molecule has 1 heterocycles. The number of ether oxygens (including phenoxy) is 1. The monoisotopic (exact) mass is 547 g/mol. The zero-order chi connectivity index (χ0) is 23.4. The van der Waals surface area contributed by atoms with Crippen molar-refractivity contribution in [3.05, 3.63) is 85.2 Å². The second-order valence-corrected chi connectivity index (χ2v) is 8.03. The Morgan fingerprint density at radius 3 is 2.56 bits per heavy atom.